The lowest BCUT2D eigenvalue weighted by atomic mass is 10.1. The first kappa shape index (κ1) is 17.5. The quantitative estimate of drug-likeness (QED) is 0.430. The Balaban J connectivity index is 1.70. The Morgan fingerprint density at radius 2 is 2.28 bits per heavy atom. The number of aromatic hydroxyl groups is 1. The number of hydrogen-bond acceptors (Lipinski definition) is 5. The number of anilines is 1. The van der Waals surface area contributed by atoms with Gasteiger partial charge >= 0.3 is 0 Å². The van der Waals surface area contributed by atoms with Crippen LogP contribution in [0.25, 0.3) is 0 Å². The van der Waals surface area contributed by atoms with Gasteiger partial charge in [0.05, 0.1) is 5.57 Å². The van der Waals surface area contributed by atoms with E-state index in [0.29, 0.717) is 5.57 Å². The highest BCUT2D eigenvalue weighted by Crippen LogP contribution is 2.46. The number of benzene rings is 1. The Morgan fingerprint density at radius 3 is 3.04 bits per heavy atom. The molecule has 2 unspecified atom stereocenters. The monoisotopic (exact) mass is 357 g/mol. The second-order valence-corrected chi connectivity index (χ2v) is 7.52. The van der Waals surface area contributed by atoms with E-state index < -0.39 is 0 Å². The fourth-order valence-corrected chi connectivity index (χ4v) is 3.86. The number of nitrogens with one attached hydrogen (secondary N) is 2. The number of allylic oxidation sites excluding steroid dienone is 3. The van der Waals surface area contributed by atoms with Crippen LogP contribution in [0.3, 0.4) is 0 Å². The van der Waals surface area contributed by atoms with Crippen LogP contribution in [0.15, 0.2) is 58.9 Å². The van der Waals surface area contributed by atoms with Gasteiger partial charge in [0.15, 0.2) is 0 Å². The molecule has 0 amide bonds. The van der Waals surface area contributed by atoms with Gasteiger partial charge in [0.1, 0.15) is 16.8 Å². The molecule has 4 nitrogen and oxygen atoms in total. The predicted molar refractivity (Wildman–Crippen MR) is 101 cm³/mol. The van der Waals surface area contributed by atoms with Gasteiger partial charge in [0.25, 0.3) is 0 Å². The van der Waals surface area contributed by atoms with Crippen molar-refractivity contribution in [1.82, 2.24) is 10.2 Å². The number of hydrogen-bond donors (Lipinski definition) is 3. The second kappa shape index (κ2) is 6.87. The summed E-state index contributed by atoms with van der Waals surface area (Å²) in [5.41, 5.74) is 1.34. The normalized spacial score (nSPS) is 25.0. The third kappa shape index (κ3) is 3.68. The van der Waals surface area contributed by atoms with Crippen molar-refractivity contribution in [3.63, 3.8) is 0 Å². The highest BCUT2D eigenvalue weighted by atomic mass is 32.2. The summed E-state index contributed by atoms with van der Waals surface area (Å²) >= 11 is 1.60. The summed E-state index contributed by atoms with van der Waals surface area (Å²) in [6.07, 6.45) is 7.07. The predicted octanol–water partition coefficient (Wildman–Crippen LogP) is 3.41. The number of thioether (sulfide) groups is 1. The van der Waals surface area contributed by atoms with E-state index in [2.05, 4.69) is 22.5 Å². The van der Waals surface area contributed by atoms with Crippen molar-refractivity contribution in [2.75, 3.05) is 19.4 Å². The van der Waals surface area contributed by atoms with Crippen molar-refractivity contribution in [2.45, 2.75) is 22.9 Å². The molecule has 3 N–H and O–H groups in total. The zero-order valence-corrected chi connectivity index (χ0v) is 15.1. The number of fused-ring (bicyclic) bond motifs is 1. The zero-order valence-electron chi connectivity index (χ0n) is 14.3. The number of phenolic OH excluding ortho intramolecular Hbond substituents is 1. The maximum absolute atomic E-state index is 14.2. The molecule has 0 aromatic heterocycles. The molecule has 1 aromatic carbocycles. The van der Waals surface area contributed by atoms with Crippen LogP contribution in [0.2, 0.25) is 0 Å². The molecule has 0 fully saturated rings. The van der Waals surface area contributed by atoms with Gasteiger partial charge in [-0.3, -0.25) is 5.32 Å². The van der Waals surface area contributed by atoms with E-state index in [1.165, 1.54) is 4.90 Å². The van der Waals surface area contributed by atoms with E-state index in [0.717, 1.165) is 10.6 Å². The SMILES string of the molecule is CNC1C=CC(C#C/C=C/C2(C)Nc3ccc(O)cc3S2)=C(F)N1C. The van der Waals surface area contributed by atoms with Crippen molar-refractivity contribution in [1.29, 1.82) is 0 Å². The van der Waals surface area contributed by atoms with Crippen LogP contribution < -0.4 is 10.6 Å². The van der Waals surface area contributed by atoms with Crippen LogP contribution in [-0.2, 0) is 0 Å². The summed E-state index contributed by atoms with van der Waals surface area (Å²) in [5, 5.41) is 16.0. The maximum atomic E-state index is 14.2. The molecule has 0 spiro atoms. The molecular weight excluding hydrogens is 337 g/mol. The van der Waals surface area contributed by atoms with E-state index in [1.54, 1.807) is 50.1 Å². The van der Waals surface area contributed by atoms with Crippen molar-refractivity contribution in [2.24, 2.45) is 0 Å². The molecule has 0 saturated heterocycles. The first-order valence-corrected chi connectivity index (χ1v) is 8.71. The molecule has 0 saturated carbocycles. The summed E-state index contributed by atoms with van der Waals surface area (Å²) in [7, 11) is 3.47. The molecular formula is C19H20FN3OS. The standard InChI is InChI=1S/C19H20FN3OS/c1-19(22-15-9-8-14(24)12-16(15)25-19)11-5-4-6-13-7-10-17(21-2)23(3)18(13)20/h5,7-12,17,21-22,24H,1-3H3/b11-5+. The van der Waals surface area contributed by atoms with Crippen molar-refractivity contribution < 1.29 is 9.50 Å². The Hall–Kier alpha value is -2.36. The number of nitrogens with zero attached hydrogens (tertiary/aromatic N) is 1. The molecule has 6 heteroatoms. The maximum Gasteiger partial charge on any atom is 0.206 e. The first-order valence-electron chi connectivity index (χ1n) is 7.89. The minimum absolute atomic E-state index is 0.158. The zero-order chi connectivity index (χ0) is 18.0. The molecule has 2 aliphatic rings. The number of rotatable bonds is 2. The van der Waals surface area contributed by atoms with Crippen LogP contribution in [0.5, 0.6) is 5.75 Å². The Kier molecular flexibility index (Phi) is 4.80. The molecule has 0 aliphatic carbocycles. The first-order chi connectivity index (χ1) is 11.9. The van der Waals surface area contributed by atoms with E-state index in [-0.39, 0.29) is 22.7 Å². The lowest BCUT2D eigenvalue weighted by Gasteiger charge is -2.28. The van der Waals surface area contributed by atoms with Gasteiger partial charge in [-0.05, 0) is 56.5 Å². The minimum atomic E-state index is -0.353. The summed E-state index contributed by atoms with van der Waals surface area (Å²) in [6.45, 7) is 2.03. The highest BCUT2D eigenvalue weighted by molar-refractivity contribution is 8.01. The van der Waals surface area contributed by atoms with Gasteiger partial charge in [-0.1, -0.05) is 23.6 Å². The van der Waals surface area contributed by atoms with Gasteiger partial charge in [0.2, 0.25) is 5.95 Å². The van der Waals surface area contributed by atoms with Crippen LogP contribution in [0.4, 0.5) is 10.1 Å². The van der Waals surface area contributed by atoms with E-state index in [9.17, 15) is 9.50 Å². The van der Waals surface area contributed by atoms with Gasteiger partial charge in [0, 0.05) is 17.6 Å². The van der Waals surface area contributed by atoms with Gasteiger partial charge in [-0.25, -0.2) is 0 Å². The van der Waals surface area contributed by atoms with Crippen molar-refractivity contribution in [3.8, 4) is 17.6 Å². The van der Waals surface area contributed by atoms with E-state index >= 15 is 0 Å². The minimum Gasteiger partial charge on any atom is -0.508 e. The molecule has 2 atom stereocenters. The lowest BCUT2D eigenvalue weighted by molar-refractivity contribution is 0.246. The summed E-state index contributed by atoms with van der Waals surface area (Å²) in [5.74, 6) is 5.66. The van der Waals surface area contributed by atoms with Gasteiger partial charge in [-0.2, -0.15) is 4.39 Å². The second-order valence-electron chi connectivity index (χ2n) is 6.03. The number of likely N-dealkylation sites (N-methyl/N-ethyl adjacent to an activating group) is 2. The molecule has 0 radical (unpaired) electrons. The average molecular weight is 357 g/mol. The largest absolute Gasteiger partial charge is 0.508 e. The molecule has 1 aromatic rings. The Morgan fingerprint density at radius 1 is 1.48 bits per heavy atom. The van der Waals surface area contributed by atoms with Crippen LogP contribution in [-0.4, -0.2) is 35.1 Å². The molecule has 130 valence electrons. The molecule has 2 aliphatic heterocycles. The third-order valence-electron chi connectivity index (χ3n) is 4.05. The van der Waals surface area contributed by atoms with Crippen molar-refractivity contribution in [3.05, 3.63) is 54.0 Å². The van der Waals surface area contributed by atoms with Gasteiger partial charge < -0.3 is 15.3 Å². The van der Waals surface area contributed by atoms with Crippen LogP contribution in [0, 0.1) is 11.8 Å². The Bertz CT molecular complexity index is 837. The summed E-state index contributed by atoms with van der Waals surface area (Å²) in [6, 6.07) is 5.24. The fraction of sp³-hybridized carbons (Fsp3) is 0.263. The summed E-state index contributed by atoms with van der Waals surface area (Å²) < 4.78 is 14.2. The lowest BCUT2D eigenvalue weighted by Crippen LogP contribution is -2.40. The third-order valence-corrected chi connectivity index (χ3v) is 5.27. The van der Waals surface area contributed by atoms with Crippen LogP contribution in [0.1, 0.15) is 6.92 Å². The average Bonchev–Trinajstić information content (AvgIpc) is 2.91. The smallest absolute Gasteiger partial charge is 0.206 e. The summed E-state index contributed by atoms with van der Waals surface area (Å²) in [4.78, 5) is 2.14. The topological polar surface area (TPSA) is 47.5 Å². The number of phenols is 1. The highest BCUT2D eigenvalue weighted by Gasteiger charge is 2.30. The molecule has 3 rings (SSSR count). The van der Waals surface area contributed by atoms with Crippen LogP contribution >= 0.6 is 11.8 Å². The molecule has 2 heterocycles. The van der Waals surface area contributed by atoms with E-state index in [1.807, 2.05) is 25.1 Å². The fourth-order valence-electron chi connectivity index (χ4n) is 2.70. The Labute approximate surface area is 151 Å². The van der Waals surface area contributed by atoms with Crippen molar-refractivity contribution >= 4 is 17.4 Å². The molecule has 25 heavy (non-hydrogen) atoms. The van der Waals surface area contributed by atoms with E-state index in [4.69, 9.17) is 0 Å². The molecule has 0 bridgehead atoms. The van der Waals surface area contributed by atoms with Gasteiger partial charge in [-0.15, -0.1) is 0 Å². The number of halogens is 1.